The number of rotatable bonds is 1. The smallest absolute Gasteiger partial charge is 0.183 e. The first kappa shape index (κ1) is 14.4. The van der Waals surface area contributed by atoms with Crippen LogP contribution in [-0.4, -0.2) is 10.9 Å². The Kier molecular flexibility index (Phi) is 3.26. The highest BCUT2D eigenvalue weighted by molar-refractivity contribution is 6.17. The highest BCUT2D eigenvalue weighted by atomic mass is 16.5. The Hall–Kier alpha value is -3.23. The molecule has 1 aliphatic heterocycles. The molecule has 0 saturated heterocycles. The molecule has 3 aromatic rings. The topological polar surface area (TPSA) is 88.2 Å². The van der Waals surface area contributed by atoms with Crippen LogP contribution in [0.15, 0.2) is 58.0 Å². The minimum Gasteiger partial charge on any atom is -0.357 e. The van der Waals surface area contributed by atoms with E-state index in [1.54, 1.807) is 12.1 Å². The fourth-order valence-corrected chi connectivity index (χ4v) is 3.02. The van der Waals surface area contributed by atoms with Crippen LogP contribution in [0.5, 0.6) is 0 Å². The minimum atomic E-state index is -0.626. The number of fused-ring (bicyclic) bond motifs is 3. The van der Waals surface area contributed by atoms with Crippen molar-refractivity contribution >= 4 is 5.71 Å². The summed E-state index contributed by atoms with van der Waals surface area (Å²) in [5.74, 6) is 0.573. The summed E-state index contributed by atoms with van der Waals surface area (Å²) in [4.78, 5) is 4.68. The second kappa shape index (κ2) is 5.44. The number of aliphatic imine (C=N–C) groups is 1. The number of hydrogen-bond donors (Lipinski definition) is 1. The number of aromatic nitrogens is 1. The van der Waals surface area contributed by atoms with E-state index in [1.165, 1.54) is 0 Å². The van der Waals surface area contributed by atoms with Gasteiger partial charge in [0.05, 0.1) is 28.6 Å². The third-order valence-electron chi connectivity index (χ3n) is 4.16. The van der Waals surface area contributed by atoms with Crippen LogP contribution in [0.4, 0.5) is 0 Å². The number of hydrogen-bond acceptors (Lipinski definition) is 5. The van der Waals surface area contributed by atoms with Gasteiger partial charge in [-0.05, 0) is 24.6 Å². The number of nitrogens with two attached hydrogens (primary N) is 1. The highest BCUT2D eigenvalue weighted by Gasteiger charge is 2.27. The van der Waals surface area contributed by atoms with Gasteiger partial charge in [-0.1, -0.05) is 41.6 Å². The molecule has 1 aliphatic rings. The Morgan fingerprint density at radius 3 is 2.50 bits per heavy atom. The quantitative estimate of drug-likeness (QED) is 0.746. The molecular weight excluding hydrogens is 300 g/mol. The molecule has 2 N–H and O–H groups in total. The molecule has 0 bridgehead atoms. The van der Waals surface area contributed by atoms with Crippen molar-refractivity contribution < 1.29 is 4.52 Å². The lowest BCUT2D eigenvalue weighted by Crippen LogP contribution is -2.10. The maximum Gasteiger partial charge on any atom is 0.183 e. The first-order valence-corrected chi connectivity index (χ1v) is 7.59. The van der Waals surface area contributed by atoms with Gasteiger partial charge in [-0.15, -0.1) is 0 Å². The van der Waals surface area contributed by atoms with Crippen molar-refractivity contribution in [2.75, 3.05) is 0 Å². The van der Waals surface area contributed by atoms with E-state index < -0.39 is 6.17 Å². The third kappa shape index (κ3) is 2.13. The molecule has 5 nitrogen and oxygen atoms in total. The Morgan fingerprint density at radius 2 is 1.79 bits per heavy atom. The van der Waals surface area contributed by atoms with E-state index in [2.05, 4.69) is 16.2 Å². The van der Waals surface area contributed by atoms with Crippen LogP contribution < -0.4 is 5.73 Å². The van der Waals surface area contributed by atoms with E-state index in [-0.39, 0.29) is 0 Å². The molecule has 0 aliphatic carbocycles. The summed E-state index contributed by atoms with van der Waals surface area (Å²) < 4.78 is 5.43. The summed E-state index contributed by atoms with van der Waals surface area (Å²) >= 11 is 0. The number of aryl methyl sites for hydroxylation is 1. The number of benzene rings is 2. The molecule has 0 spiro atoms. The van der Waals surface area contributed by atoms with E-state index >= 15 is 0 Å². The monoisotopic (exact) mass is 314 g/mol. The molecule has 116 valence electrons. The van der Waals surface area contributed by atoms with Crippen molar-refractivity contribution in [3.8, 4) is 17.2 Å². The van der Waals surface area contributed by atoms with Crippen molar-refractivity contribution in [3.63, 3.8) is 0 Å². The zero-order chi connectivity index (χ0) is 16.7. The normalized spacial score (nSPS) is 15.7. The van der Waals surface area contributed by atoms with Crippen molar-refractivity contribution in [2.24, 2.45) is 10.7 Å². The van der Waals surface area contributed by atoms with E-state index in [4.69, 9.17) is 15.5 Å². The van der Waals surface area contributed by atoms with Crippen LogP contribution in [0.3, 0.4) is 0 Å². The molecule has 5 heteroatoms. The van der Waals surface area contributed by atoms with Gasteiger partial charge >= 0.3 is 0 Å². The molecule has 4 rings (SSSR count). The standard InChI is InChI=1S/C19H14N4O/c1-11-16-14-4-2-3-5-15(14)17(22-19(21)18(16)24-23-11)13-8-6-12(10-20)7-9-13/h2-9,19H,21H2,1H3. The van der Waals surface area contributed by atoms with Crippen LogP contribution >= 0.6 is 0 Å². The maximum atomic E-state index is 8.99. The number of nitrogens with zero attached hydrogens (tertiary/aromatic N) is 3. The second-order valence-electron chi connectivity index (χ2n) is 5.66. The van der Waals surface area contributed by atoms with Crippen molar-refractivity contribution in [1.29, 1.82) is 5.26 Å². The lowest BCUT2D eigenvalue weighted by atomic mass is 9.93. The lowest BCUT2D eigenvalue weighted by Gasteiger charge is -2.10. The van der Waals surface area contributed by atoms with Gasteiger partial charge in [0.15, 0.2) is 11.9 Å². The Bertz CT molecular complexity index is 993. The van der Waals surface area contributed by atoms with Crippen LogP contribution in [0.25, 0.3) is 11.1 Å². The van der Waals surface area contributed by atoms with Crippen LogP contribution in [0, 0.1) is 18.3 Å². The van der Waals surface area contributed by atoms with Gasteiger partial charge in [0.1, 0.15) is 0 Å². The molecule has 0 radical (unpaired) electrons. The summed E-state index contributed by atoms with van der Waals surface area (Å²) in [5, 5.41) is 13.0. The predicted octanol–water partition coefficient (Wildman–Crippen LogP) is 3.33. The average Bonchev–Trinajstić information content (AvgIpc) is 2.95. The van der Waals surface area contributed by atoms with E-state index in [0.717, 1.165) is 33.7 Å². The average molecular weight is 314 g/mol. The second-order valence-corrected chi connectivity index (χ2v) is 5.66. The highest BCUT2D eigenvalue weighted by Crippen LogP contribution is 2.37. The fourth-order valence-electron chi connectivity index (χ4n) is 3.02. The first-order chi connectivity index (χ1) is 11.7. The van der Waals surface area contributed by atoms with Crippen LogP contribution in [-0.2, 0) is 0 Å². The summed E-state index contributed by atoms with van der Waals surface area (Å²) in [7, 11) is 0. The molecule has 2 heterocycles. The number of nitriles is 1. The molecule has 0 saturated carbocycles. The van der Waals surface area contributed by atoms with E-state index in [1.807, 2.05) is 43.3 Å². The first-order valence-electron chi connectivity index (χ1n) is 7.59. The zero-order valence-corrected chi connectivity index (χ0v) is 13.0. The minimum absolute atomic E-state index is 0.573. The molecule has 1 unspecified atom stereocenters. The molecule has 0 amide bonds. The Labute approximate surface area is 139 Å². The van der Waals surface area contributed by atoms with Crippen molar-refractivity contribution in [1.82, 2.24) is 5.16 Å². The Morgan fingerprint density at radius 1 is 1.08 bits per heavy atom. The predicted molar refractivity (Wildman–Crippen MR) is 90.4 cm³/mol. The van der Waals surface area contributed by atoms with E-state index in [0.29, 0.717) is 11.3 Å². The molecular formula is C19H14N4O. The SMILES string of the molecule is Cc1noc2c1-c1ccccc1C(c1ccc(C#N)cc1)=NC2N. The summed E-state index contributed by atoms with van der Waals surface area (Å²) in [6, 6.07) is 17.4. The van der Waals surface area contributed by atoms with Gasteiger partial charge in [0.25, 0.3) is 0 Å². The summed E-state index contributed by atoms with van der Waals surface area (Å²) in [6.45, 7) is 1.90. The zero-order valence-electron chi connectivity index (χ0n) is 13.0. The van der Waals surface area contributed by atoms with Crippen molar-refractivity contribution in [2.45, 2.75) is 13.1 Å². The van der Waals surface area contributed by atoms with Gasteiger partial charge in [-0.2, -0.15) is 5.26 Å². The molecule has 1 aromatic heterocycles. The maximum absolute atomic E-state index is 8.99. The summed E-state index contributed by atoms with van der Waals surface area (Å²) in [5.41, 5.74) is 12.2. The van der Waals surface area contributed by atoms with Gasteiger partial charge in [-0.25, -0.2) is 0 Å². The Balaban J connectivity index is 1.97. The summed E-state index contributed by atoms with van der Waals surface area (Å²) in [6.07, 6.45) is -0.626. The van der Waals surface area contributed by atoms with Crippen LogP contribution in [0.2, 0.25) is 0 Å². The molecule has 0 fully saturated rings. The largest absolute Gasteiger partial charge is 0.357 e. The van der Waals surface area contributed by atoms with E-state index in [9.17, 15) is 0 Å². The van der Waals surface area contributed by atoms with Crippen LogP contribution in [0.1, 0.15) is 34.3 Å². The van der Waals surface area contributed by atoms with Crippen molar-refractivity contribution in [3.05, 3.63) is 76.7 Å². The third-order valence-corrected chi connectivity index (χ3v) is 4.16. The molecule has 2 aromatic carbocycles. The molecule has 24 heavy (non-hydrogen) atoms. The van der Waals surface area contributed by atoms with Gasteiger partial charge in [0, 0.05) is 11.1 Å². The van der Waals surface area contributed by atoms with Gasteiger partial charge in [0.2, 0.25) is 0 Å². The fraction of sp³-hybridized carbons (Fsp3) is 0.105. The van der Waals surface area contributed by atoms with Gasteiger partial charge < -0.3 is 10.3 Å². The van der Waals surface area contributed by atoms with Gasteiger partial charge in [-0.3, -0.25) is 4.99 Å². The molecule has 1 atom stereocenters. The lowest BCUT2D eigenvalue weighted by molar-refractivity contribution is 0.362.